The Bertz CT molecular complexity index is 789. The fraction of sp³-hybridized carbons (Fsp3) is 0.818. The average molecular weight is 458 g/mol. The fourth-order valence-electron chi connectivity index (χ4n) is 5.94. The third-order valence-electron chi connectivity index (χ3n) is 7.57. The van der Waals surface area contributed by atoms with Crippen molar-refractivity contribution in [2.45, 2.75) is 50.5 Å². The molecule has 6 nitrogen and oxygen atoms in total. The lowest BCUT2D eigenvalue weighted by molar-refractivity contribution is -0.137. The van der Waals surface area contributed by atoms with Gasteiger partial charge in [0.1, 0.15) is 11.7 Å². The highest BCUT2D eigenvalue weighted by Crippen LogP contribution is 2.42. The largest absolute Gasteiger partial charge is 0.420 e. The van der Waals surface area contributed by atoms with Crippen LogP contribution in [0.1, 0.15) is 37.7 Å². The van der Waals surface area contributed by atoms with Crippen molar-refractivity contribution in [1.82, 2.24) is 15.1 Å². The number of nitrogens with zero attached hydrogens (tertiary/aromatic N) is 4. The van der Waals surface area contributed by atoms with Gasteiger partial charge in [-0.05, 0) is 55.9 Å². The van der Waals surface area contributed by atoms with Gasteiger partial charge < -0.3 is 19.9 Å². The van der Waals surface area contributed by atoms with Gasteiger partial charge in [0, 0.05) is 45.4 Å². The number of ether oxygens (including phenoxy) is 1. The predicted molar refractivity (Wildman–Crippen MR) is 112 cm³/mol. The zero-order valence-electron chi connectivity index (χ0n) is 18.2. The Balaban J connectivity index is 1.20. The van der Waals surface area contributed by atoms with Gasteiger partial charge in [-0.3, -0.25) is 0 Å². The highest BCUT2D eigenvalue weighted by atomic mass is 19.4. The van der Waals surface area contributed by atoms with Crippen LogP contribution in [0.25, 0.3) is 0 Å². The summed E-state index contributed by atoms with van der Waals surface area (Å²) in [6, 6.07) is 0.983. The molecule has 0 spiro atoms. The molecule has 0 bridgehead atoms. The molecule has 4 fully saturated rings. The lowest BCUT2D eigenvalue weighted by Gasteiger charge is -2.28. The number of alkyl halides is 4. The van der Waals surface area contributed by atoms with Crippen LogP contribution in [0.2, 0.25) is 0 Å². The van der Waals surface area contributed by atoms with Crippen LogP contribution in [0.4, 0.5) is 29.2 Å². The number of likely N-dealkylation sites (tertiary alicyclic amines) is 1. The van der Waals surface area contributed by atoms with Crippen molar-refractivity contribution < 1.29 is 22.3 Å². The third kappa shape index (κ3) is 4.81. The van der Waals surface area contributed by atoms with E-state index >= 15 is 0 Å². The van der Waals surface area contributed by atoms with Gasteiger partial charge in [0.25, 0.3) is 0 Å². The Labute approximate surface area is 185 Å². The van der Waals surface area contributed by atoms with Gasteiger partial charge >= 0.3 is 6.18 Å². The molecule has 1 saturated carbocycles. The molecule has 1 N–H and O–H groups in total. The fourth-order valence-corrected chi connectivity index (χ4v) is 5.94. The van der Waals surface area contributed by atoms with Crippen LogP contribution in [0.5, 0.6) is 0 Å². The first kappa shape index (κ1) is 22.1. The van der Waals surface area contributed by atoms with E-state index in [1.54, 1.807) is 0 Å². The zero-order chi connectivity index (χ0) is 22.3. The molecule has 10 heteroatoms. The molecule has 4 heterocycles. The van der Waals surface area contributed by atoms with E-state index in [1.807, 2.05) is 0 Å². The van der Waals surface area contributed by atoms with Crippen molar-refractivity contribution in [2.75, 3.05) is 56.2 Å². The van der Waals surface area contributed by atoms with Crippen molar-refractivity contribution in [2.24, 2.45) is 17.8 Å². The monoisotopic (exact) mass is 457 g/mol. The van der Waals surface area contributed by atoms with Crippen LogP contribution >= 0.6 is 0 Å². The molecule has 4 atom stereocenters. The van der Waals surface area contributed by atoms with Crippen molar-refractivity contribution in [3.63, 3.8) is 0 Å². The molecule has 1 aromatic heterocycles. The van der Waals surface area contributed by atoms with E-state index in [2.05, 4.69) is 20.4 Å². The maximum absolute atomic E-state index is 13.8. The lowest BCUT2D eigenvalue weighted by Crippen LogP contribution is -2.32. The van der Waals surface area contributed by atoms with Crippen LogP contribution in [0.3, 0.4) is 0 Å². The normalized spacial score (nSPS) is 31.9. The quantitative estimate of drug-likeness (QED) is 0.682. The average Bonchev–Trinajstić information content (AvgIpc) is 3.43. The van der Waals surface area contributed by atoms with Crippen molar-refractivity contribution in [1.29, 1.82) is 0 Å². The number of halogens is 4. The molecule has 4 aliphatic rings. The van der Waals surface area contributed by atoms with Gasteiger partial charge in [-0.15, -0.1) is 10.2 Å². The summed E-state index contributed by atoms with van der Waals surface area (Å²) < 4.78 is 60.2. The van der Waals surface area contributed by atoms with E-state index in [4.69, 9.17) is 4.74 Å². The number of aromatic nitrogens is 2. The third-order valence-corrected chi connectivity index (χ3v) is 7.57. The summed E-state index contributed by atoms with van der Waals surface area (Å²) in [5.74, 6) is 1.61. The molecule has 1 unspecified atom stereocenters. The topological polar surface area (TPSA) is 53.5 Å². The highest BCUT2D eigenvalue weighted by Gasteiger charge is 2.43. The highest BCUT2D eigenvalue weighted by molar-refractivity contribution is 5.53. The molecule has 3 saturated heterocycles. The van der Waals surface area contributed by atoms with Gasteiger partial charge in [-0.1, -0.05) is 0 Å². The van der Waals surface area contributed by atoms with Crippen LogP contribution in [-0.2, 0) is 10.9 Å². The molecule has 178 valence electrons. The van der Waals surface area contributed by atoms with Crippen molar-refractivity contribution in [3.05, 3.63) is 11.6 Å². The number of anilines is 2. The molecule has 5 rings (SSSR count). The maximum Gasteiger partial charge on any atom is 0.420 e. The minimum Gasteiger partial charge on any atom is -0.381 e. The number of hydrogen-bond donors (Lipinski definition) is 1. The Morgan fingerprint density at radius 1 is 1.03 bits per heavy atom. The minimum absolute atomic E-state index is 0.0292. The molecule has 32 heavy (non-hydrogen) atoms. The zero-order valence-corrected chi connectivity index (χ0v) is 18.2. The smallest absolute Gasteiger partial charge is 0.381 e. The number of hydrogen-bond acceptors (Lipinski definition) is 6. The summed E-state index contributed by atoms with van der Waals surface area (Å²) in [5, 5.41) is 10.9. The van der Waals surface area contributed by atoms with E-state index in [0.717, 1.165) is 64.6 Å². The van der Waals surface area contributed by atoms with Crippen LogP contribution < -0.4 is 10.2 Å². The molecule has 1 aliphatic carbocycles. The van der Waals surface area contributed by atoms with E-state index in [0.29, 0.717) is 30.7 Å². The SMILES string of the molecule is F[C@@H]1CCN(c2cc(C(F)(F)F)c(NC3C[C@@H]4CN(CC5CCOCC5)C[C@@H]4C3)nn2)C1. The molecule has 1 aromatic rings. The van der Waals surface area contributed by atoms with Gasteiger partial charge in [0.05, 0.1) is 6.54 Å². The second-order valence-electron chi connectivity index (χ2n) is 9.90. The number of fused-ring (bicyclic) bond motifs is 1. The Morgan fingerprint density at radius 3 is 2.38 bits per heavy atom. The van der Waals surface area contributed by atoms with Gasteiger partial charge in [-0.25, -0.2) is 4.39 Å². The summed E-state index contributed by atoms with van der Waals surface area (Å²) in [5.41, 5.74) is -0.817. The molecule has 3 aliphatic heterocycles. The van der Waals surface area contributed by atoms with E-state index < -0.39 is 17.9 Å². The molecule has 0 amide bonds. The summed E-state index contributed by atoms with van der Waals surface area (Å²) in [6.07, 6.45) is -1.33. The summed E-state index contributed by atoms with van der Waals surface area (Å²) in [4.78, 5) is 4.06. The summed E-state index contributed by atoms with van der Waals surface area (Å²) >= 11 is 0. The van der Waals surface area contributed by atoms with Crippen LogP contribution in [0, 0.1) is 17.8 Å². The second-order valence-corrected chi connectivity index (χ2v) is 9.90. The van der Waals surface area contributed by atoms with Gasteiger partial charge in [0.15, 0.2) is 11.6 Å². The number of nitrogens with one attached hydrogen (secondary N) is 1. The van der Waals surface area contributed by atoms with Crippen LogP contribution in [-0.4, -0.2) is 73.2 Å². The van der Waals surface area contributed by atoms with E-state index in [1.165, 1.54) is 4.90 Å². The Morgan fingerprint density at radius 2 is 1.75 bits per heavy atom. The van der Waals surface area contributed by atoms with Gasteiger partial charge in [-0.2, -0.15) is 13.2 Å². The van der Waals surface area contributed by atoms with E-state index in [9.17, 15) is 17.6 Å². The molecular formula is C22H31F4N5O. The number of rotatable bonds is 5. The first-order valence-corrected chi connectivity index (χ1v) is 11.8. The Hall–Kier alpha value is -1.68. The summed E-state index contributed by atoms with van der Waals surface area (Å²) in [6.45, 7) is 5.28. The first-order valence-electron chi connectivity index (χ1n) is 11.8. The van der Waals surface area contributed by atoms with Gasteiger partial charge in [0.2, 0.25) is 0 Å². The predicted octanol–water partition coefficient (Wildman–Crippen LogP) is 3.59. The maximum atomic E-state index is 13.8. The van der Waals surface area contributed by atoms with Crippen molar-refractivity contribution in [3.8, 4) is 0 Å². The minimum atomic E-state index is -4.54. The standard InChI is InChI=1S/C22H31F4N5O/c23-17-1-4-31(13-17)20-9-19(22(24,25)26)21(29-28-20)27-18-7-15-11-30(12-16(15)8-18)10-14-2-5-32-6-3-14/h9,14-18H,1-8,10-13H2,(H,27,29)/t15-,16+,17-,18?/m1/s1. The summed E-state index contributed by atoms with van der Waals surface area (Å²) in [7, 11) is 0. The molecule has 0 radical (unpaired) electrons. The second kappa shape index (κ2) is 8.93. The van der Waals surface area contributed by atoms with Crippen molar-refractivity contribution >= 4 is 11.6 Å². The lowest BCUT2D eigenvalue weighted by atomic mass is 10.00. The molecular weight excluding hydrogens is 426 g/mol. The first-order chi connectivity index (χ1) is 15.3. The van der Waals surface area contributed by atoms with Crippen LogP contribution in [0.15, 0.2) is 6.07 Å². The molecule has 0 aromatic carbocycles. The van der Waals surface area contributed by atoms with E-state index in [-0.39, 0.29) is 24.2 Å². The Kier molecular flexibility index (Phi) is 6.17.